The van der Waals surface area contributed by atoms with Crippen molar-refractivity contribution in [3.8, 4) is 0 Å². The van der Waals surface area contributed by atoms with Gasteiger partial charge in [0, 0.05) is 5.88 Å². The van der Waals surface area contributed by atoms with E-state index in [9.17, 15) is 4.79 Å². The van der Waals surface area contributed by atoms with Crippen molar-refractivity contribution in [3.05, 3.63) is 0 Å². The standard InChI is InChI=1S/C8H14Cl2O2/c1-2-4-7(5-3-6-9)8(11)12-10/h7H,2-6H2,1H3. The fourth-order valence-electron chi connectivity index (χ4n) is 1.12. The van der Waals surface area contributed by atoms with Crippen LogP contribution in [0.15, 0.2) is 0 Å². The molecule has 0 aliphatic rings. The molecule has 4 heteroatoms. The molecule has 0 aromatic heterocycles. The minimum atomic E-state index is -0.330. The number of carbonyl (C=O) groups is 1. The Hall–Kier alpha value is 0.0500. The van der Waals surface area contributed by atoms with E-state index in [-0.39, 0.29) is 11.9 Å². The first-order valence-electron chi connectivity index (χ1n) is 4.14. The highest BCUT2D eigenvalue weighted by atomic mass is 35.5. The van der Waals surface area contributed by atoms with Crippen molar-refractivity contribution >= 4 is 29.4 Å². The second-order valence-electron chi connectivity index (χ2n) is 2.71. The first kappa shape index (κ1) is 12.0. The predicted molar refractivity (Wildman–Crippen MR) is 50.3 cm³/mol. The van der Waals surface area contributed by atoms with Crippen LogP contribution in [0.4, 0.5) is 0 Å². The van der Waals surface area contributed by atoms with Gasteiger partial charge in [0.2, 0.25) is 0 Å². The van der Waals surface area contributed by atoms with Crippen molar-refractivity contribution in [2.45, 2.75) is 32.6 Å². The lowest BCUT2D eigenvalue weighted by atomic mass is 9.99. The molecule has 0 spiro atoms. The molecule has 0 heterocycles. The molecule has 1 unspecified atom stereocenters. The molecule has 0 saturated carbocycles. The quantitative estimate of drug-likeness (QED) is 0.633. The Kier molecular flexibility index (Phi) is 7.72. The summed E-state index contributed by atoms with van der Waals surface area (Å²) in [6.45, 7) is 2.02. The van der Waals surface area contributed by atoms with Crippen LogP contribution in [-0.4, -0.2) is 11.8 Å². The molecule has 0 N–H and O–H groups in total. The summed E-state index contributed by atoms with van der Waals surface area (Å²) in [5.41, 5.74) is 0. The number of hydrogen-bond donors (Lipinski definition) is 0. The zero-order chi connectivity index (χ0) is 9.40. The van der Waals surface area contributed by atoms with E-state index in [0.717, 1.165) is 25.7 Å². The maximum atomic E-state index is 11.0. The van der Waals surface area contributed by atoms with E-state index in [1.54, 1.807) is 0 Å². The molecule has 0 bridgehead atoms. The third-order valence-corrected chi connectivity index (χ3v) is 2.15. The number of carbonyl (C=O) groups excluding carboxylic acids is 1. The Morgan fingerprint density at radius 1 is 1.50 bits per heavy atom. The van der Waals surface area contributed by atoms with Crippen molar-refractivity contribution in [1.29, 1.82) is 0 Å². The number of hydrogen-bond acceptors (Lipinski definition) is 2. The summed E-state index contributed by atoms with van der Waals surface area (Å²) >= 11 is 10.5. The zero-order valence-corrected chi connectivity index (χ0v) is 8.70. The maximum Gasteiger partial charge on any atom is 0.327 e. The van der Waals surface area contributed by atoms with Crippen LogP contribution in [0.5, 0.6) is 0 Å². The predicted octanol–water partition coefficient (Wildman–Crippen LogP) is 3.12. The molecule has 0 aliphatic carbocycles. The zero-order valence-electron chi connectivity index (χ0n) is 7.19. The van der Waals surface area contributed by atoms with E-state index in [1.807, 2.05) is 6.92 Å². The Labute approximate surface area is 83.3 Å². The number of halogens is 2. The van der Waals surface area contributed by atoms with Gasteiger partial charge in [-0.05, 0) is 19.3 Å². The van der Waals surface area contributed by atoms with E-state index in [4.69, 9.17) is 23.5 Å². The number of rotatable bonds is 6. The molecule has 0 fully saturated rings. The summed E-state index contributed by atoms with van der Waals surface area (Å²) in [7, 11) is 0. The van der Waals surface area contributed by atoms with Crippen molar-refractivity contribution in [3.63, 3.8) is 0 Å². The van der Waals surface area contributed by atoms with Crippen LogP contribution in [0.2, 0.25) is 0 Å². The smallest absolute Gasteiger partial charge is 0.327 e. The summed E-state index contributed by atoms with van der Waals surface area (Å²) in [5, 5.41) is 0. The van der Waals surface area contributed by atoms with Gasteiger partial charge in [0.25, 0.3) is 0 Å². The van der Waals surface area contributed by atoms with Crippen LogP contribution < -0.4 is 0 Å². The first-order valence-corrected chi connectivity index (χ1v) is 4.99. The van der Waals surface area contributed by atoms with Gasteiger partial charge < -0.3 is 4.29 Å². The van der Waals surface area contributed by atoms with Gasteiger partial charge >= 0.3 is 5.97 Å². The number of alkyl halides is 1. The molecule has 0 aliphatic heterocycles. The highest BCUT2D eigenvalue weighted by Crippen LogP contribution is 2.16. The van der Waals surface area contributed by atoms with Crippen LogP contribution in [0.3, 0.4) is 0 Å². The van der Waals surface area contributed by atoms with Crippen molar-refractivity contribution in [2.75, 3.05) is 5.88 Å². The lowest BCUT2D eigenvalue weighted by Gasteiger charge is -2.10. The molecule has 0 aromatic rings. The Balaban J connectivity index is 3.76. The maximum absolute atomic E-state index is 11.0. The van der Waals surface area contributed by atoms with E-state index in [2.05, 4.69) is 4.29 Å². The van der Waals surface area contributed by atoms with Crippen LogP contribution in [0.1, 0.15) is 32.6 Å². The van der Waals surface area contributed by atoms with Crippen molar-refractivity contribution in [2.24, 2.45) is 5.92 Å². The lowest BCUT2D eigenvalue weighted by Crippen LogP contribution is -2.14. The molecular weight excluding hydrogens is 199 g/mol. The van der Waals surface area contributed by atoms with Crippen LogP contribution in [0, 0.1) is 5.92 Å². The fraction of sp³-hybridized carbons (Fsp3) is 0.875. The third kappa shape index (κ3) is 4.83. The average molecular weight is 213 g/mol. The molecule has 12 heavy (non-hydrogen) atoms. The lowest BCUT2D eigenvalue weighted by molar-refractivity contribution is -0.139. The van der Waals surface area contributed by atoms with Gasteiger partial charge in [0.05, 0.1) is 5.92 Å². The molecule has 0 rings (SSSR count). The van der Waals surface area contributed by atoms with Crippen molar-refractivity contribution in [1.82, 2.24) is 0 Å². The van der Waals surface area contributed by atoms with Gasteiger partial charge in [0.1, 0.15) is 11.9 Å². The van der Waals surface area contributed by atoms with Gasteiger partial charge in [-0.25, -0.2) is 0 Å². The molecular formula is C8H14Cl2O2. The Morgan fingerprint density at radius 2 is 2.17 bits per heavy atom. The first-order chi connectivity index (χ1) is 5.76. The van der Waals surface area contributed by atoms with Crippen molar-refractivity contribution < 1.29 is 9.08 Å². The van der Waals surface area contributed by atoms with E-state index < -0.39 is 0 Å². The van der Waals surface area contributed by atoms with Crippen LogP contribution >= 0.6 is 23.5 Å². The second kappa shape index (κ2) is 7.69. The summed E-state index contributed by atoms with van der Waals surface area (Å²) in [6.07, 6.45) is 3.38. The van der Waals surface area contributed by atoms with Gasteiger partial charge in [-0.3, -0.25) is 4.79 Å². The molecule has 0 amide bonds. The third-order valence-electron chi connectivity index (χ3n) is 1.73. The topological polar surface area (TPSA) is 26.3 Å². The summed E-state index contributed by atoms with van der Waals surface area (Å²) < 4.78 is 4.15. The summed E-state index contributed by atoms with van der Waals surface area (Å²) in [5.74, 6) is 0.172. The normalized spacial score (nSPS) is 12.6. The van der Waals surface area contributed by atoms with E-state index in [0.29, 0.717) is 5.88 Å². The Bertz CT molecular complexity index is 128. The van der Waals surface area contributed by atoms with Crippen LogP contribution in [0.25, 0.3) is 0 Å². The van der Waals surface area contributed by atoms with E-state index in [1.165, 1.54) is 0 Å². The molecule has 72 valence electrons. The monoisotopic (exact) mass is 212 g/mol. The minimum Gasteiger partial charge on any atom is -0.347 e. The minimum absolute atomic E-state index is 0.0775. The molecule has 0 radical (unpaired) electrons. The largest absolute Gasteiger partial charge is 0.347 e. The second-order valence-corrected chi connectivity index (χ2v) is 3.25. The summed E-state index contributed by atoms with van der Waals surface area (Å²) in [4.78, 5) is 11.0. The van der Waals surface area contributed by atoms with Gasteiger partial charge in [-0.2, -0.15) is 0 Å². The highest BCUT2D eigenvalue weighted by molar-refractivity contribution is 6.17. The Morgan fingerprint density at radius 3 is 2.58 bits per heavy atom. The molecule has 0 aromatic carbocycles. The molecule has 2 nitrogen and oxygen atoms in total. The van der Waals surface area contributed by atoms with E-state index >= 15 is 0 Å². The summed E-state index contributed by atoms with van der Waals surface area (Å²) in [6, 6.07) is 0. The van der Waals surface area contributed by atoms with Crippen LogP contribution in [-0.2, 0) is 9.08 Å². The van der Waals surface area contributed by atoms with Gasteiger partial charge in [0.15, 0.2) is 0 Å². The average Bonchev–Trinajstić information content (AvgIpc) is 2.11. The van der Waals surface area contributed by atoms with Gasteiger partial charge in [-0.15, -0.1) is 11.6 Å². The molecule has 0 saturated heterocycles. The fourth-order valence-corrected chi connectivity index (χ4v) is 1.40. The van der Waals surface area contributed by atoms with Gasteiger partial charge in [-0.1, -0.05) is 13.3 Å². The highest BCUT2D eigenvalue weighted by Gasteiger charge is 2.17. The molecule has 1 atom stereocenters. The SMILES string of the molecule is CCCC(CCCCl)C(=O)OCl.